The van der Waals surface area contributed by atoms with E-state index in [1.165, 1.54) is 40.9 Å². The number of ether oxygens (including phenoxy) is 2. The molecular formula is C23H20N2O7S. The van der Waals surface area contributed by atoms with Gasteiger partial charge in [-0.05, 0) is 29.8 Å². The fraction of sp³-hybridized carbons (Fsp3) is 0.217. The summed E-state index contributed by atoms with van der Waals surface area (Å²) < 4.78 is 10.3. The average Bonchev–Trinajstić information content (AvgIpc) is 2.84. The molecule has 2 atom stereocenters. The van der Waals surface area contributed by atoms with Crippen molar-refractivity contribution in [1.82, 2.24) is 10.2 Å². The second kappa shape index (κ2) is 9.78. The van der Waals surface area contributed by atoms with Gasteiger partial charge in [-0.2, -0.15) is 0 Å². The molecule has 9 nitrogen and oxygen atoms in total. The maximum Gasteiger partial charge on any atom is 0.355 e. The number of benzene rings is 2. The van der Waals surface area contributed by atoms with Crippen LogP contribution in [0.5, 0.6) is 5.75 Å². The number of β-lactam (4-membered cyclic amide) rings is 1. The SMILES string of the molecule is O=C(COC(=O)c1cccc(O)c1)NC1C(=O)N2C(C(=O)OCc3ccccc3)=CCSC12. The Kier molecular flexibility index (Phi) is 6.64. The normalized spacial score (nSPS) is 19.0. The number of carbonyl (C=O) groups excluding carboxylic acids is 4. The van der Waals surface area contributed by atoms with Crippen LogP contribution in [0.3, 0.4) is 0 Å². The number of phenols is 1. The Morgan fingerprint density at radius 3 is 2.61 bits per heavy atom. The van der Waals surface area contributed by atoms with Gasteiger partial charge in [-0.15, -0.1) is 11.8 Å². The van der Waals surface area contributed by atoms with Crippen LogP contribution >= 0.6 is 11.8 Å². The summed E-state index contributed by atoms with van der Waals surface area (Å²) in [6, 6.07) is 13.9. The Labute approximate surface area is 193 Å². The van der Waals surface area contributed by atoms with E-state index in [1.807, 2.05) is 30.3 Å². The average molecular weight is 468 g/mol. The van der Waals surface area contributed by atoms with Crippen molar-refractivity contribution in [1.29, 1.82) is 0 Å². The van der Waals surface area contributed by atoms with Crippen molar-refractivity contribution in [2.24, 2.45) is 0 Å². The summed E-state index contributed by atoms with van der Waals surface area (Å²) in [5.74, 6) is -2.10. The monoisotopic (exact) mass is 468 g/mol. The number of hydrogen-bond donors (Lipinski definition) is 2. The van der Waals surface area contributed by atoms with Crippen LogP contribution < -0.4 is 5.32 Å². The smallest absolute Gasteiger partial charge is 0.355 e. The van der Waals surface area contributed by atoms with Crippen molar-refractivity contribution in [2.45, 2.75) is 18.0 Å². The number of fused-ring (bicyclic) bond motifs is 1. The number of phenolic OH excluding ortho intramolecular Hbond substituents is 1. The number of esters is 2. The lowest BCUT2D eigenvalue weighted by Crippen LogP contribution is -2.70. The number of nitrogens with zero attached hydrogens (tertiary/aromatic N) is 1. The van der Waals surface area contributed by atoms with Crippen LogP contribution in [-0.4, -0.2) is 57.5 Å². The van der Waals surface area contributed by atoms with Crippen LogP contribution in [0.2, 0.25) is 0 Å². The van der Waals surface area contributed by atoms with Crippen LogP contribution in [0.1, 0.15) is 15.9 Å². The largest absolute Gasteiger partial charge is 0.508 e. The number of rotatable bonds is 7. The number of hydrogen-bond acceptors (Lipinski definition) is 8. The van der Waals surface area contributed by atoms with E-state index in [2.05, 4.69) is 5.32 Å². The fourth-order valence-corrected chi connectivity index (χ4v) is 4.58. The van der Waals surface area contributed by atoms with Gasteiger partial charge in [-0.3, -0.25) is 14.5 Å². The van der Waals surface area contributed by atoms with Crippen LogP contribution in [0, 0.1) is 0 Å². The molecule has 1 fully saturated rings. The van der Waals surface area contributed by atoms with Gasteiger partial charge in [0.2, 0.25) is 0 Å². The molecule has 10 heteroatoms. The summed E-state index contributed by atoms with van der Waals surface area (Å²) in [7, 11) is 0. The summed E-state index contributed by atoms with van der Waals surface area (Å²) in [4.78, 5) is 50.7. The first-order valence-corrected chi connectivity index (χ1v) is 11.1. The first kappa shape index (κ1) is 22.4. The van der Waals surface area contributed by atoms with Gasteiger partial charge < -0.3 is 19.9 Å². The first-order valence-electron chi connectivity index (χ1n) is 10.1. The third-order valence-corrected chi connectivity index (χ3v) is 6.18. The minimum absolute atomic E-state index is 0.0849. The third-order valence-electron chi connectivity index (χ3n) is 5.00. The van der Waals surface area contributed by atoms with E-state index in [0.717, 1.165) is 5.56 Å². The zero-order valence-electron chi connectivity index (χ0n) is 17.3. The van der Waals surface area contributed by atoms with E-state index >= 15 is 0 Å². The molecule has 4 rings (SSSR count). The van der Waals surface area contributed by atoms with Crippen molar-refractivity contribution < 1.29 is 33.8 Å². The van der Waals surface area contributed by atoms with Crippen molar-refractivity contribution in [3.63, 3.8) is 0 Å². The molecule has 2 unspecified atom stereocenters. The van der Waals surface area contributed by atoms with Crippen molar-refractivity contribution >= 4 is 35.5 Å². The van der Waals surface area contributed by atoms with Gasteiger partial charge >= 0.3 is 11.9 Å². The van der Waals surface area contributed by atoms with E-state index in [0.29, 0.717) is 5.75 Å². The zero-order valence-corrected chi connectivity index (χ0v) is 18.1. The van der Waals surface area contributed by atoms with E-state index in [-0.39, 0.29) is 23.6 Å². The van der Waals surface area contributed by atoms with Gasteiger partial charge in [0.1, 0.15) is 29.5 Å². The Bertz CT molecular complexity index is 1120. The Balaban J connectivity index is 1.28. The highest BCUT2D eigenvalue weighted by Gasteiger charge is 2.53. The minimum atomic E-state index is -0.840. The van der Waals surface area contributed by atoms with E-state index in [1.54, 1.807) is 6.08 Å². The lowest BCUT2D eigenvalue weighted by molar-refractivity contribution is -0.153. The second-order valence-corrected chi connectivity index (χ2v) is 8.40. The molecule has 2 aliphatic heterocycles. The maximum absolute atomic E-state index is 12.6. The predicted molar refractivity (Wildman–Crippen MR) is 118 cm³/mol. The fourth-order valence-electron chi connectivity index (χ4n) is 3.39. The van der Waals surface area contributed by atoms with Crippen LogP contribution in [0.15, 0.2) is 66.4 Å². The third kappa shape index (κ3) is 5.01. The molecule has 2 aromatic carbocycles. The van der Waals surface area contributed by atoms with Crippen molar-refractivity contribution in [2.75, 3.05) is 12.4 Å². The molecule has 2 aliphatic rings. The minimum Gasteiger partial charge on any atom is -0.508 e. The second-order valence-electron chi connectivity index (χ2n) is 7.25. The molecule has 2 aromatic rings. The number of thioether (sulfide) groups is 1. The molecule has 0 aromatic heterocycles. The molecule has 0 aliphatic carbocycles. The molecule has 2 N–H and O–H groups in total. The number of aromatic hydroxyl groups is 1. The molecule has 33 heavy (non-hydrogen) atoms. The highest BCUT2D eigenvalue weighted by atomic mass is 32.2. The lowest BCUT2D eigenvalue weighted by atomic mass is 10.1. The molecule has 0 bridgehead atoms. The first-order chi connectivity index (χ1) is 15.9. The predicted octanol–water partition coefficient (Wildman–Crippen LogP) is 1.58. The molecule has 2 amide bonds. The summed E-state index contributed by atoms with van der Waals surface area (Å²) in [5.41, 5.74) is 1.08. The highest BCUT2D eigenvalue weighted by molar-refractivity contribution is 8.00. The van der Waals surface area contributed by atoms with Crippen LogP contribution in [0.4, 0.5) is 0 Å². The van der Waals surface area contributed by atoms with Gasteiger partial charge in [0.25, 0.3) is 11.8 Å². The maximum atomic E-state index is 12.6. The topological polar surface area (TPSA) is 122 Å². The zero-order chi connectivity index (χ0) is 23.4. The molecule has 0 saturated carbocycles. The van der Waals surface area contributed by atoms with Gasteiger partial charge in [-0.25, -0.2) is 9.59 Å². The summed E-state index contributed by atoms with van der Waals surface area (Å²) in [6.45, 7) is -0.501. The molecular weight excluding hydrogens is 448 g/mol. The van der Waals surface area contributed by atoms with E-state index in [4.69, 9.17) is 9.47 Å². The van der Waals surface area contributed by atoms with Crippen molar-refractivity contribution in [3.05, 3.63) is 77.5 Å². The quantitative estimate of drug-likeness (QED) is 0.464. The van der Waals surface area contributed by atoms with Crippen LogP contribution in [-0.2, 0) is 30.5 Å². The molecule has 0 spiro atoms. The summed E-state index contributed by atoms with van der Waals surface area (Å²) in [5, 5.41) is 11.5. The molecule has 170 valence electrons. The van der Waals surface area contributed by atoms with E-state index < -0.39 is 41.8 Å². The van der Waals surface area contributed by atoms with Crippen LogP contribution in [0.25, 0.3) is 0 Å². The number of carbonyl (C=O) groups is 4. The van der Waals surface area contributed by atoms with Crippen molar-refractivity contribution in [3.8, 4) is 5.75 Å². The van der Waals surface area contributed by atoms with Gasteiger partial charge in [0, 0.05) is 5.75 Å². The lowest BCUT2D eigenvalue weighted by Gasteiger charge is -2.48. The Morgan fingerprint density at radius 2 is 1.85 bits per heavy atom. The Morgan fingerprint density at radius 1 is 1.06 bits per heavy atom. The number of amides is 2. The molecule has 0 radical (unpaired) electrons. The molecule has 1 saturated heterocycles. The van der Waals surface area contributed by atoms with E-state index in [9.17, 15) is 24.3 Å². The number of nitrogens with one attached hydrogen (secondary N) is 1. The summed E-state index contributed by atoms with van der Waals surface area (Å²) >= 11 is 1.40. The highest BCUT2D eigenvalue weighted by Crippen LogP contribution is 2.37. The Hall–Kier alpha value is -3.79. The van der Waals surface area contributed by atoms with Gasteiger partial charge in [0.05, 0.1) is 5.56 Å². The van der Waals surface area contributed by atoms with Gasteiger partial charge in [-0.1, -0.05) is 36.4 Å². The van der Waals surface area contributed by atoms with Gasteiger partial charge in [0.15, 0.2) is 6.61 Å². The standard InChI is InChI=1S/C23H20N2O7S/c26-16-8-4-7-15(11-16)22(29)32-13-18(27)24-19-20(28)25-17(9-10-33-21(19)25)23(30)31-12-14-5-2-1-3-6-14/h1-9,11,19,21,26H,10,12-13H2,(H,24,27). The molecule has 2 heterocycles. The summed E-state index contributed by atoms with van der Waals surface area (Å²) in [6.07, 6.45) is 1.63.